The molecule has 0 spiro atoms. The summed E-state index contributed by atoms with van der Waals surface area (Å²) in [5, 5.41) is 27.7. The fourth-order valence-electron chi connectivity index (χ4n) is 4.37. The van der Waals surface area contributed by atoms with E-state index in [1.807, 2.05) is 0 Å². The molecule has 11 nitrogen and oxygen atoms in total. The SMILES string of the molecule is COc1cc2sc(C(=O)CCC(=O)O)cc2c(F)c1OC/C(=C/CO)COc1cc2cc(C(=O)CCC(=O)O)sc2c(F)c1OC. The molecular formula is C31H28F2O11S2. The van der Waals surface area contributed by atoms with Crippen LogP contribution in [0, 0.1) is 11.6 Å². The lowest BCUT2D eigenvalue weighted by atomic mass is 10.1. The number of hydrogen-bond donors (Lipinski definition) is 3. The van der Waals surface area contributed by atoms with Crippen LogP contribution in [0.3, 0.4) is 0 Å². The number of thiophene rings is 2. The van der Waals surface area contributed by atoms with Gasteiger partial charge in [-0.1, -0.05) is 6.08 Å². The number of methoxy groups -OCH3 is 2. The first-order valence-electron chi connectivity index (χ1n) is 13.6. The molecule has 0 radical (unpaired) electrons. The molecule has 46 heavy (non-hydrogen) atoms. The molecule has 15 heteroatoms. The van der Waals surface area contributed by atoms with E-state index >= 15 is 8.78 Å². The van der Waals surface area contributed by atoms with Crippen LogP contribution >= 0.6 is 22.7 Å². The Morgan fingerprint density at radius 3 is 1.98 bits per heavy atom. The summed E-state index contributed by atoms with van der Waals surface area (Å²) >= 11 is 1.86. The van der Waals surface area contributed by atoms with Gasteiger partial charge in [-0.3, -0.25) is 19.2 Å². The number of carbonyl (C=O) groups excluding carboxylic acids is 2. The first-order chi connectivity index (χ1) is 22.0. The number of ketones is 2. The number of carbonyl (C=O) groups is 4. The monoisotopic (exact) mass is 678 g/mol. The van der Waals surface area contributed by atoms with Gasteiger partial charge >= 0.3 is 11.9 Å². The summed E-state index contributed by atoms with van der Waals surface area (Å²) in [4.78, 5) is 46.9. The molecule has 0 saturated carbocycles. The number of fused-ring (bicyclic) bond motifs is 2. The number of hydrogen-bond acceptors (Lipinski definition) is 11. The summed E-state index contributed by atoms with van der Waals surface area (Å²) in [6.07, 6.45) is 0.166. The van der Waals surface area contributed by atoms with E-state index in [4.69, 9.17) is 29.2 Å². The molecule has 0 fully saturated rings. The van der Waals surface area contributed by atoms with Crippen LogP contribution in [-0.4, -0.2) is 72.9 Å². The third kappa shape index (κ3) is 7.78. The Balaban J connectivity index is 1.54. The number of benzene rings is 2. The zero-order valence-corrected chi connectivity index (χ0v) is 26.1. The van der Waals surface area contributed by atoms with Crippen molar-refractivity contribution in [3.63, 3.8) is 0 Å². The first-order valence-corrected chi connectivity index (χ1v) is 15.2. The van der Waals surface area contributed by atoms with Crippen molar-refractivity contribution < 1.29 is 62.2 Å². The van der Waals surface area contributed by atoms with Crippen molar-refractivity contribution in [3.8, 4) is 23.0 Å². The molecule has 0 aliphatic heterocycles. The number of halogens is 2. The third-order valence-corrected chi connectivity index (χ3v) is 8.96. The molecular weight excluding hydrogens is 650 g/mol. The highest BCUT2D eigenvalue weighted by Crippen LogP contribution is 2.42. The van der Waals surface area contributed by atoms with Crippen LogP contribution in [0.25, 0.3) is 20.2 Å². The highest BCUT2D eigenvalue weighted by molar-refractivity contribution is 7.21. The second kappa shape index (κ2) is 15.1. The highest BCUT2D eigenvalue weighted by atomic mass is 32.1. The number of carboxylic acids is 2. The minimum Gasteiger partial charge on any atom is -0.493 e. The number of Topliss-reactive ketones (excluding diaryl/α,β-unsaturated/α-hetero) is 2. The molecule has 4 rings (SSSR count). The summed E-state index contributed by atoms with van der Waals surface area (Å²) < 4.78 is 53.6. The fraction of sp³-hybridized carbons (Fsp3) is 0.290. The smallest absolute Gasteiger partial charge is 0.303 e. The van der Waals surface area contributed by atoms with Crippen molar-refractivity contribution in [2.24, 2.45) is 0 Å². The molecule has 0 amide bonds. The van der Waals surface area contributed by atoms with Crippen molar-refractivity contribution in [2.75, 3.05) is 34.0 Å². The maximum Gasteiger partial charge on any atom is 0.303 e. The number of carboxylic acid groups (broad SMARTS) is 2. The van der Waals surface area contributed by atoms with Crippen LogP contribution < -0.4 is 18.9 Å². The zero-order chi connectivity index (χ0) is 33.5. The van der Waals surface area contributed by atoms with Crippen molar-refractivity contribution in [1.82, 2.24) is 0 Å². The molecule has 244 valence electrons. The standard InChI is InChI=1S/C31H28F2O11S2/c1-41-20-12-22-17(11-24(45-22)19(36)4-6-26(39)40)27(32)30(20)44-14-15(7-8-34)13-43-21-9-16-10-23(18(35)3-5-25(37)38)46-31(16)28(33)29(21)42-2/h7,9-12,34H,3-6,8,13-14H2,1-2H3,(H,37,38)(H,39,40)/b15-7+. The largest absolute Gasteiger partial charge is 0.493 e. The molecule has 0 atom stereocenters. The van der Waals surface area contributed by atoms with Gasteiger partial charge in [0.2, 0.25) is 0 Å². The first kappa shape index (κ1) is 34.3. The number of aliphatic hydroxyl groups excluding tert-OH is 1. The lowest BCUT2D eigenvalue weighted by Gasteiger charge is -2.16. The maximum absolute atomic E-state index is 15.6. The zero-order valence-electron chi connectivity index (χ0n) is 24.5. The van der Waals surface area contributed by atoms with E-state index in [0.29, 0.717) is 15.7 Å². The minimum atomic E-state index is -1.13. The van der Waals surface area contributed by atoms with E-state index < -0.39 is 41.7 Å². The Bertz CT molecular complexity index is 1840. The van der Waals surface area contributed by atoms with Gasteiger partial charge in [0, 0.05) is 40.0 Å². The predicted octanol–water partition coefficient (Wildman–Crippen LogP) is 5.88. The van der Waals surface area contributed by atoms with Gasteiger partial charge in [-0.25, -0.2) is 8.78 Å². The summed E-state index contributed by atoms with van der Waals surface area (Å²) in [6, 6.07) is 5.71. The van der Waals surface area contributed by atoms with E-state index in [9.17, 15) is 24.3 Å². The highest BCUT2D eigenvalue weighted by Gasteiger charge is 2.23. The van der Waals surface area contributed by atoms with E-state index in [2.05, 4.69) is 0 Å². The summed E-state index contributed by atoms with van der Waals surface area (Å²) in [5.74, 6) is -5.24. The molecule has 2 aromatic heterocycles. The molecule has 0 bridgehead atoms. The fourth-order valence-corrected chi connectivity index (χ4v) is 6.46. The Morgan fingerprint density at radius 1 is 0.761 bits per heavy atom. The number of ether oxygens (including phenoxy) is 4. The van der Waals surface area contributed by atoms with Gasteiger partial charge in [-0.05, 0) is 18.2 Å². The molecule has 0 unspecified atom stereocenters. The minimum absolute atomic E-state index is 0.0257. The Kier molecular flexibility index (Phi) is 11.3. The van der Waals surface area contributed by atoms with Crippen LogP contribution in [0.15, 0.2) is 35.9 Å². The Labute approximate surface area is 268 Å². The van der Waals surface area contributed by atoms with E-state index in [-0.39, 0.29) is 81.7 Å². The van der Waals surface area contributed by atoms with Gasteiger partial charge in [0.05, 0.1) is 48.1 Å². The van der Waals surface area contributed by atoms with E-state index in [0.717, 1.165) is 22.7 Å². The third-order valence-electron chi connectivity index (χ3n) is 6.65. The number of rotatable bonds is 17. The number of aliphatic carboxylic acids is 2. The Hall–Kier alpha value is -4.60. The van der Waals surface area contributed by atoms with Crippen LogP contribution in [0.4, 0.5) is 8.78 Å². The van der Waals surface area contributed by atoms with Crippen molar-refractivity contribution >= 4 is 66.4 Å². The maximum atomic E-state index is 15.6. The molecule has 0 aliphatic rings. The number of aliphatic hydroxyl groups is 1. The average molecular weight is 679 g/mol. The van der Waals surface area contributed by atoms with E-state index in [1.54, 1.807) is 0 Å². The van der Waals surface area contributed by atoms with Crippen LogP contribution in [0.2, 0.25) is 0 Å². The Morgan fingerprint density at radius 2 is 1.39 bits per heavy atom. The second-order valence-electron chi connectivity index (χ2n) is 9.75. The molecule has 2 heterocycles. The van der Waals surface area contributed by atoms with Crippen molar-refractivity contribution in [2.45, 2.75) is 25.7 Å². The molecule has 0 aliphatic carbocycles. The van der Waals surface area contributed by atoms with Gasteiger partial charge in [0.15, 0.2) is 46.2 Å². The second-order valence-corrected chi connectivity index (χ2v) is 11.9. The van der Waals surface area contributed by atoms with Gasteiger partial charge in [0.25, 0.3) is 0 Å². The predicted molar refractivity (Wildman–Crippen MR) is 165 cm³/mol. The quantitative estimate of drug-likeness (QED) is 0.0901. The van der Waals surface area contributed by atoms with Gasteiger partial charge in [0.1, 0.15) is 13.2 Å². The topological polar surface area (TPSA) is 166 Å². The van der Waals surface area contributed by atoms with Crippen LogP contribution in [-0.2, 0) is 9.59 Å². The van der Waals surface area contributed by atoms with E-state index in [1.165, 1.54) is 44.6 Å². The lowest BCUT2D eigenvalue weighted by Crippen LogP contribution is -2.12. The molecule has 3 N–H and O–H groups in total. The van der Waals surface area contributed by atoms with Gasteiger partial charge in [-0.2, -0.15) is 0 Å². The van der Waals surface area contributed by atoms with Gasteiger partial charge < -0.3 is 34.3 Å². The van der Waals surface area contributed by atoms with Crippen molar-refractivity contribution in [1.29, 1.82) is 0 Å². The summed E-state index contributed by atoms with van der Waals surface area (Å²) in [5.41, 5.74) is 0.330. The van der Waals surface area contributed by atoms with Crippen LogP contribution in [0.1, 0.15) is 45.0 Å². The lowest BCUT2D eigenvalue weighted by molar-refractivity contribution is -0.137. The van der Waals surface area contributed by atoms with Gasteiger partial charge in [-0.15, -0.1) is 22.7 Å². The summed E-state index contributed by atoms with van der Waals surface area (Å²) in [6.45, 7) is -0.964. The molecule has 2 aromatic carbocycles. The summed E-state index contributed by atoms with van der Waals surface area (Å²) in [7, 11) is 2.54. The normalized spacial score (nSPS) is 11.5. The molecule has 0 saturated heterocycles. The van der Waals surface area contributed by atoms with Crippen molar-refractivity contribution in [3.05, 3.63) is 57.3 Å². The average Bonchev–Trinajstić information content (AvgIpc) is 3.66. The van der Waals surface area contributed by atoms with Crippen LogP contribution in [0.5, 0.6) is 23.0 Å². The molecule has 4 aromatic rings.